The van der Waals surface area contributed by atoms with E-state index in [1.807, 2.05) is 0 Å². The molecular formula is C28H23F4N3O4S. The van der Waals surface area contributed by atoms with Crippen LogP contribution in [0.4, 0.5) is 17.6 Å². The first-order valence-corrected chi connectivity index (χ1v) is 13.5. The van der Waals surface area contributed by atoms with Crippen LogP contribution in [0.25, 0.3) is 22.2 Å². The number of benzene rings is 1. The molecule has 3 heterocycles. The summed E-state index contributed by atoms with van der Waals surface area (Å²) in [6, 6.07) is 9.12. The van der Waals surface area contributed by atoms with Crippen LogP contribution >= 0.6 is 0 Å². The van der Waals surface area contributed by atoms with Gasteiger partial charge in [0.15, 0.2) is 5.78 Å². The molecule has 4 rings (SSSR count). The van der Waals surface area contributed by atoms with Gasteiger partial charge >= 0.3 is 6.18 Å². The van der Waals surface area contributed by atoms with Crippen LogP contribution in [0, 0.1) is 17.7 Å². The molecular weight excluding hydrogens is 550 g/mol. The van der Waals surface area contributed by atoms with Crippen molar-refractivity contribution >= 4 is 26.8 Å². The van der Waals surface area contributed by atoms with Gasteiger partial charge in [0, 0.05) is 35.8 Å². The van der Waals surface area contributed by atoms with Crippen molar-refractivity contribution in [3.8, 4) is 23.1 Å². The van der Waals surface area contributed by atoms with Crippen LogP contribution < -0.4 is 0 Å². The van der Waals surface area contributed by atoms with Crippen molar-refractivity contribution in [1.82, 2.24) is 14.3 Å². The Morgan fingerprint density at radius 2 is 1.88 bits per heavy atom. The normalized spacial score (nSPS) is 12.8. The Kier molecular flexibility index (Phi) is 8.37. The van der Waals surface area contributed by atoms with E-state index in [2.05, 4.69) is 21.8 Å². The van der Waals surface area contributed by atoms with Gasteiger partial charge in [-0.3, -0.25) is 14.8 Å². The fraction of sp³-hybridized carbons (Fsp3) is 0.250. The average molecular weight is 574 g/mol. The summed E-state index contributed by atoms with van der Waals surface area (Å²) < 4.78 is 85.3. The summed E-state index contributed by atoms with van der Waals surface area (Å²) in [7, 11) is -4.31. The van der Waals surface area contributed by atoms with E-state index in [1.54, 1.807) is 12.1 Å². The molecule has 0 aliphatic rings. The van der Waals surface area contributed by atoms with E-state index in [9.17, 15) is 30.8 Å². The number of alkyl halides is 3. The third-order valence-corrected chi connectivity index (χ3v) is 7.93. The molecule has 7 nitrogen and oxygen atoms in total. The summed E-state index contributed by atoms with van der Waals surface area (Å²) in [5, 5.41) is -0.176. The summed E-state index contributed by atoms with van der Waals surface area (Å²) in [5.74, 6) is 4.35. The number of carbonyl (C=O) groups is 1. The van der Waals surface area contributed by atoms with Gasteiger partial charge in [0.25, 0.3) is 10.0 Å². The largest absolute Gasteiger partial charge is 0.443 e. The summed E-state index contributed by atoms with van der Waals surface area (Å²) in [6.45, 7) is 2.72. The number of pyridine rings is 2. The van der Waals surface area contributed by atoms with Crippen molar-refractivity contribution in [2.24, 2.45) is 0 Å². The molecule has 1 aromatic carbocycles. The number of aryl methyl sites for hydroxylation is 1. The quantitative estimate of drug-likeness (QED) is 0.190. The van der Waals surface area contributed by atoms with E-state index in [0.717, 1.165) is 28.7 Å². The Labute approximate surface area is 227 Å². The van der Waals surface area contributed by atoms with Gasteiger partial charge in [-0.15, -0.1) is 5.92 Å². The van der Waals surface area contributed by atoms with Crippen LogP contribution in [0.5, 0.6) is 0 Å². The van der Waals surface area contributed by atoms with E-state index in [0.29, 0.717) is 16.8 Å². The number of halogens is 4. The Morgan fingerprint density at radius 3 is 2.55 bits per heavy atom. The fourth-order valence-corrected chi connectivity index (χ4v) is 5.43. The lowest BCUT2D eigenvalue weighted by atomic mass is 10.0. The number of rotatable bonds is 9. The Bertz CT molecular complexity index is 1710. The van der Waals surface area contributed by atoms with Gasteiger partial charge < -0.3 is 4.42 Å². The zero-order valence-corrected chi connectivity index (χ0v) is 22.2. The molecule has 40 heavy (non-hydrogen) atoms. The summed E-state index contributed by atoms with van der Waals surface area (Å²) >= 11 is 0. The number of aromatic nitrogens is 2. The molecule has 4 aromatic rings. The van der Waals surface area contributed by atoms with E-state index in [4.69, 9.17) is 4.42 Å². The van der Waals surface area contributed by atoms with Crippen LogP contribution in [-0.4, -0.2) is 41.1 Å². The highest BCUT2D eigenvalue weighted by Crippen LogP contribution is 2.29. The van der Waals surface area contributed by atoms with Crippen LogP contribution in [0.15, 0.2) is 70.4 Å². The number of furan rings is 1. The van der Waals surface area contributed by atoms with Gasteiger partial charge in [-0.05, 0) is 68.3 Å². The van der Waals surface area contributed by atoms with Gasteiger partial charge in [-0.2, -0.15) is 17.5 Å². The average Bonchev–Trinajstić information content (AvgIpc) is 3.36. The van der Waals surface area contributed by atoms with Crippen LogP contribution in [-0.2, 0) is 27.4 Å². The second-order valence-corrected chi connectivity index (χ2v) is 10.7. The zero-order valence-electron chi connectivity index (χ0n) is 21.4. The summed E-state index contributed by atoms with van der Waals surface area (Å²) in [5.41, 5.74) is 0.581. The van der Waals surface area contributed by atoms with Crippen molar-refractivity contribution in [2.45, 2.75) is 44.0 Å². The van der Waals surface area contributed by atoms with Crippen LogP contribution in [0.3, 0.4) is 0 Å². The Hall–Kier alpha value is -4.08. The second-order valence-electron chi connectivity index (χ2n) is 8.85. The fourth-order valence-electron chi connectivity index (χ4n) is 3.96. The maximum Gasteiger partial charge on any atom is 0.433 e. The number of carbonyl (C=O) groups excluding carboxylic acids is 1. The van der Waals surface area contributed by atoms with Crippen molar-refractivity contribution in [2.75, 3.05) is 6.54 Å². The minimum absolute atomic E-state index is 0.0349. The smallest absolute Gasteiger partial charge is 0.433 e. The van der Waals surface area contributed by atoms with Crippen molar-refractivity contribution in [3.63, 3.8) is 0 Å². The van der Waals surface area contributed by atoms with Gasteiger partial charge in [-0.25, -0.2) is 12.8 Å². The van der Waals surface area contributed by atoms with Gasteiger partial charge in [-0.1, -0.05) is 5.92 Å². The number of hydrogen-bond donors (Lipinski definition) is 0. The van der Waals surface area contributed by atoms with Gasteiger partial charge in [0.1, 0.15) is 17.1 Å². The molecule has 0 spiro atoms. The number of fused-ring (bicyclic) bond motifs is 1. The Morgan fingerprint density at radius 1 is 1.10 bits per heavy atom. The molecule has 0 aliphatic carbocycles. The lowest BCUT2D eigenvalue weighted by molar-refractivity contribution is -0.141. The van der Waals surface area contributed by atoms with E-state index in [-0.39, 0.29) is 30.4 Å². The van der Waals surface area contributed by atoms with Gasteiger partial charge in [0.2, 0.25) is 5.09 Å². The number of ketones is 1. The molecule has 3 aromatic heterocycles. The molecule has 0 fully saturated rings. The first kappa shape index (κ1) is 28.9. The molecule has 0 unspecified atom stereocenters. The zero-order chi connectivity index (χ0) is 29.1. The maximum atomic E-state index is 13.6. The number of hydrogen-bond acceptors (Lipinski definition) is 6. The van der Waals surface area contributed by atoms with Crippen LogP contribution in [0.1, 0.15) is 31.5 Å². The minimum Gasteiger partial charge on any atom is -0.443 e. The SMILES string of the molecule is CC#CCN([C@@H](C)C(=O)CCc1ccnc(-c2ccc(C(F)(F)F)nc2)c1)S(=O)(=O)c1cc2cc(F)ccc2o1. The molecule has 0 N–H and O–H groups in total. The molecule has 208 valence electrons. The highest BCUT2D eigenvalue weighted by Gasteiger charge is 2.35. The number of Topliss-reactive ketones (excluding diaryl/α,β-unsaturated/α-hetero) is 1. The molecule has 0 saturated carbocycles. The standard InChI is InChI=1S/C28H23F4N3O4S/c1-3-4-13-35(40(37,38)27-16-21-15-22(29)7-9-25(21)39-27)18(2)24(36)8-5-19-11-12-33-23(14-19)20-6-10-26(34-17-20)28(30,31)32/h6-7,9-12,14-18H,5,8,13H2,1-2H3/t18-/m0/s1. The second kappa shape index (κ2) is 11.6. The summed E-state index contributed by atoms with van der Waals surface area (Å²) in [6.07, 6.45) is -1.82. The molecule has 0 bridgehead atoms. The van der Waals surface area contributed by atoms with E-state index < -0.39 is 44.6 Å². The van der Waals surface area contributed by atoms with Crippen molar-refractivity contribution in [1.29, 1.82) is 0 Å². The molecule has 1 atom stereocenters. The first-order valence-electron chi connectivity index (χ1n) is 12.0. The number of nitrogens with zero attached hydrogens (tertiary/aromatic N) is 3. The third kappa shape index (κ3) is 6.38. The van der Waals surface area contributed by atoms with Crippen LogP contribution in [0.2, 0.25) is 0 Å². The van der Waals surface area contributed by atoms with E-state index >= 15 is 0 Å². The molecule has 12 heteroatoms. The van der Waals surface area contributed by atoms with Crippen molar-refractivity contribution in [3.05, 3.63) is 78.0 Å². The number of sulfonamides is 1. The topological polar surface area (TPSA) is 93.4 Å². The van der Waals surface area contributed by atoms with Gasteiger partial charge in [0.05, 0.1) is 18.3 Å². The first-order chi connectivity index (χ1) is 18.9. The predicted octanol–water partition coefficient (Wildman–Crippen LogP) is 5.65. The molecule has 0 saturated heterocycles. The van der Waals surface area contributed by atoms with Crippen molar-refractivity contribution < 1.29 is 35.2 Å². The predicted molar refractivity (Wildman–Crippen MR) is 139 cm³/mol. The highest BCUT2D eigenvalue weighted by atomic mass is 32.2. The molecule has 0 aliphatic heterocycles. The lowest BCUT2D eigenvalue weighted by Crippen LogP contribution is -2.43. The third-order valence-electron chi connectivity index (χ3n) is 6.16. The highest BCUT2D eigenvalue weighted by molar-refractivity contribution is 7.89. The summed E-state index contributed by atoms with van der Waals surface area (Å²) in [4.78, 5) is 20.8. The van der Waals surface area contributed by atoms with E-state index in [1.165, 1.54) is 38.2 Å². The molecule has 0 radical (unpaired) electrons. The monoisotopic (exact) mass is 573 g/mol. The maximum absolute atomic E-state index is 13.6. The lowest BCUT2D eigenvalue weighted by Gasteiger charge is -2.24. The minimum atomic E-state index is -4.56. The molecule has 0 amide bonds. The Balaban J connectivity index is 1.50.